The predicted molar refractivity (Wildman–Crippen MR) is 165 cm³/mol. The lowest BCUT2D eigenvalue weighted by molar-refractivity contribution is -0.0323. The number of aromatic amines is 1. The molecule has 2 aromatic carbocycles. The van der Waals surface area contributed by atoms with Gasteiger partial charge in [0.25, 0.3) is 5.91 Å². The Morgan fingerprint density at radius 1 is 1.18 bits per heavy atom. The van der Waals surface area contributed by atoms with Gasteiger partial charge in [0.15, 0.2) is 0 Å². The smallest absolute Gasteiger partial charge is 0.251 e. The topological polar surface area (TPSA) is 70.2 Å². The minimum absolute atomic E-state index is 0.00434. The number of benzene rings is 2. The minimum Gasteiger partial charge on any atom is -0.371 e. The molecular formula is C34H44N4O2. The quantitative estimate of drug-likeness (QED) is 0.247. The van der Waals surface area contributed by atoms with E-state index in [1.807, 2.05) is 20.0 Å². The molecule has 6 nitrogen and oxygen atoms in total. The molecule has 6 heteroatoms. The first kappa shape index (κ1) is 28.3. The normalized spacial score (nSPS) is 16.6. The number of ether oxygens (including phenoxy) is 1. The summed E-state index contributed by atoms with van der Waals surface area (Å²) in [6, 6.07) is 13.6. The molecule has 3 heterocycles. The second-order valence-corrected chi connectivity index (χ2v) is 11.9. The third-order valence-electron chi connectivity index (χ3n) is 8.89. The fourth-order valence-corrected chi connectivity index (χ4v) is 6.21. The van der Waals surface area contributed by atoms with E-state index in [4.69, 9.17) is 9.72 Å². The van der Waals surface area contributed by atoms with Crippen LogP contribution in [0.3, 0.4) is 0 Å². The molecule has 2 N–H and O–H groups in total. The molecule has 40 heavy (non-hydrogen) atoms. The summed E-state index contributed by atoms with van der Waals surface area (Å²) in [5.74, 6) is -0.00434. The molecule has 1 aliphatic rings. The van der Waals surface area contributed by atoms with E-state index in [0.717, 1.165) is 82.1 Å². The number of fused-ring (bicyclic) bond motifs is 3. The van der Waals surface area contributed by atoms with Crippen molar-refractivity contribution in [3.8, 4) is 11.1 Å². The van der Waals surface area contributed by atoms with Crippen molar-refractivity contribution >= 4 is 27.8 Å². The molecule has 1 unspecified atom stereocenters. The number of carbonyl (C=O) groups is 1. The van der Waals surface area contributed by atoms with Crippen molar-refractivity contribution in [1.29, 1.82) is 0 Å². The molecule has 1 amide bonds. The maximum Gasteiger partial charge on any atom is 0.251 e. The molecule has 4 aromatic rings. The summed E-state index contributed by atoms with van der Waals surface area (Å²) >= 11 is 0. The highest BCUT2D eigenvalue weighted by molar-refractivity contribution is 6.17. The number of carbonyl (C=O) groups excluding carboxylic acids is 1. The van der Waals surface area contributed by atoms with E-state index >= 15 is 0 Å². The zero-order valence-corrected chi connectivity index (χ0v) is 25.1. The van der Waals surface area contributed by atoms with Crippen LogP contribution in [0.1, 0.15) is 80.9 Å². The number of aromatic nitrogens is 2. The average Bonchev–Trinajstić information content (AvgIpc) is 3.33. The maximum atomic E-state index is 13.8. The van der Waals surface area contributed by atoms with E-state index in [1.165, 1.54) is 0 Å². The van der Waals surface area contributed by atoms with Gasteiger partial charge in [0.1, 0.15) is 5.65 Å². The summed E-state index contributed by atoms with van der Waals surface area (Å²) in [4.78, 5) is 24.6. The summed E-state index contributed by atoms with van der Waals surface area (Å²) in [5, 5.41) is 5.55. The van der Waals surface area contributed by atoms with E-state index in [-0.39, 0.29) is 17.6 Å². The summed E-state index contributed by atoms with van der Waals surface area (Å²) in [5.41, 5.74) is 7.46. The highest BCUT2D eigenvalue weighted by atomic mass is 16.5. The first-order valence-electron chi connectivity index (χ1n) is 14.9. The van der Waals surface area contributed by atoms with Gasteiger partial charge in [0, 0.05) is 54.3 Å². The van der Waals surface area contributed by atoms with E-state index in [1.54, 1.807) is 0 Å². The van der Waals surface area contributed by atoms with Crippen LogP contribution in [-0.4, -0.2) is 52.6 Å². The number of rotatable bonds is 8. The molecule has 0 radical (unpaired) electrons. The molecule has 1 atom stereocenters. The number of likely N-dealkylation sites (tertiary alicyclic amines) is 1. The molecule has 0 bridgehead atoms. The monoisotopic (exact) mass is 540 g/mol. The van der Waals surface area contributed by atoms with Crippen molar-refractivity contribution in [2.24, 2.45) is 0 Å². The van der Waals surface area contributed by atoms with Crippen LogP contribution in [0.4, 0.5) is 0 Å². The number of nitrogens with one attached hydrogen (secondary N) is 2. The number of hydrogen-bond acceptors (Lipinski definition) is 4. The summed E-state index contributed by atoms with van der Waals surface area (Å²) in [6.07, 6.45) is 4.71. The van der Waals surface area contributed by atoms with E-state index in [2.05, 4.69) is 86.2 Å². The fourth-order valence-electron chi connectivity index (χ4n) is 6.21. The Labute approximate surface area is 238 Å². The third kappa shape index (κ3) is 5.27. The summed E-state index contributed by atoms with van der Waals surface area (Å²) < 4.78 is 6.22. The van der Waals surface area contributed by atoms with Crippen LogP contribution in [0.25, 0.3) is 33.1 Å². The van der Waals surface area contributed by atoms with E-state index < -0.39 is 0 Å². The maximum absolute atomic E-state index is 13.8. The zero-order valence-electron chi connectivity index (χ0n) is 25.1. The number of nitrogens with zero attached hydrogens (tertiary/aromatic N) is 2. The predicted octanol–water partition coefficient (Wildman–Crippen LogP) is 7.26. The molecule has 1 fully saturated rings. The molecule has 0 aliphatic carbocycles. The molecule has 0 spiro atoms. The minimum atomic E-state index is -0.377. The molecule has 2 aromatic heterocycles. The number of hydrogen-bond donors (Lipinski definition) is 2. The summed E-state index contributed by atoms with van der Waals surface area (Å²) in [6.45, 7) is 17.6. The Hall–Kier alpha value is -3.22. The van der Waals surface area contributed by atoms with Gasteiger partial charge in [-0.25, -0.2) is 4.98 Å². The van der Waals surface area contributed by atoms with Crippen molar-refractivity contribution in [2.45, 2.75) is 85.4 Å². The second-order valence-electron chi connectivity index (χ2n) is 11.9. The summed E-state index contributed by atoms with van der Waals surface area (Å²) in [7, 11) is 0. The van der Waals surface area contributed by atoms with Crippen molar-refractivity contribution in [3.05, 3.63) is 64.8 Å². The first-order valence-corrected chi connectivity index (χ1v) is 14.9. The Balaban J connectivity index is 1.62. The number of piperidine rings is 1. The van der Waals surface area contributed by atoms with Crippen LogP contribution in [0.5, 0.6) is 0 Å². The Bertz CT molecular complexity index is 1530. The van der Waals surface area contributed by atoms with Gasteiger partial charge in [-0.1, -0.05) is 25.1 Å². The van der Waals surface area contributed by atoms with Crippen molar-refractivity contribution in [2.75, 3.05) is 19.7 Å². The van der Waals surface area contributed by atoms with Gasteiger partial charge in [-0.15, -0.1) is 0 Å². The Morgan fingerprint density at radius 3 is 2.60 bits per heavy atom. The lowest BCUT2D eigenvalue weighted by Crippen LogP contribution is -2.46. The van der Waals surface area contributed by atoms with E-state index in [9.17, 15) is 4.79 Å². The van der Waals surface area contributed by atoms with E-state index in [0.29, 0.717) is 18.2 Å². The van der Waals surface area contributed by atoms with Gasteiger partial charge in [-0.3, -0.25) is 4.79 Å². The fraction of sp³-hybridized carbons (Fsp3) is 0.471. The van der Waals surface area contributed by atoms with Gasteiger partial charge < -0.3 is 19.9 Å². The molecule has 0 saturated carbocycles. The van der Waals surface area contributed by atoms with Gasteiger partial charge in [0.2, 0.25) is 0 Å². The lowest BCUT2D eigenvalue weighted by Gasteiger charge is -2.35. The SMILES string of the molecule is CCOC(C)(CC)c1cccc(-c2cc(C(=O)NC3CCN(C(C)C)CC3)c(C)c3[nH]c4ncc(C)cc4c23)c1. The van der Waals surface area contributed by atoms with Crippen molar-refractivity contribution in [3.63, 3.8) is 0 Å². The highest BCUT2D eigenvalue weighted by Gasteiger charge is 2.27. The lowest BCUT2D eigenvalue weighted by atomic mass is 9.88. The van der Waals surface area contributed by atoms with Crippen molar-refractivity contribution < 1.29 is 9.53 Å². The van der Waals surface area contributed by atoms with Crippen LogP contribution >= 0.6 is 0 Å². The zero-order chi connectivity index (χ0) is 28.6. The largest absolute Gasteiger partial charge is 0.371 e. The van der Waals surface area contributed by atoms with Crippen LogP contribution in [0, 0.1) is 13.8 Å². The number of pyridine rings is 1. The highest BCUT2D eigenvalue weighted by Crippen LogP contribution is 2.40. The Kier molecular flexibility index (Phi) is 8.03. The van der Waals surface area contributed by atoms with Gasteiger partial charge >= 0.3 is 0 Å². The van der Waals surface area contributed by atoms with Gasteiger partial charge in [-0.2, -0.15) is 0 Å². The molecule has 1 aliphatic heterocycles. The number of amides is 1. The third-order valence-corrected chi connectivity index (χ3v) is 8.89. The molecule has 1 saturated heterocycles. The van der Waals surface area contributed by atoms with Crippen LogP contribution < -0.4 is 5.32 Å². The first-order chi connectivity index (χ1) is 19.1. The number of H-pyrrole nitrogens is 1. The van der Waals surface area contributed by atoms with Crippen LogP contribution in [-0.2, 0) is 10.3 Å². The van der Waals surface area contributed by atoms with Crippen LogP contribution in [0.2, 0.25) is 0 Å². The average molecular weight is 541 g/mol. The van der Waals surface area contributed by atoms with Gasteiger partial charge in [0.05, 0.1) is 11.1 Å². The standard InChI is InChI=1S/C34H44N4O2/c1-8-34(7,40-9-2)25-12-10-11-24(18-25)28-19-27(33(39)36-26-13-15-38(16-14-26)21(3)4)23(6)31-30(28)29-17-22(5)20-35-32(29)37-31/h10-12,17-21,26H,8-9,13-16H2,1-7H3,(H,35,37)(H,36,39). The Morgan fingerprint density at radius 2 is 1.93 bits per heavy atom. The molecular weight excluding hydrogens is 496 g/mol. The van der Waals surface area contributed by atoms with Gasteiger partial charge in [-0.05, 0) is 107 Å². The van der Waals surface area contributed by atoms with Crippen molar-refractivity contribution in [1.82, 2.24) is 20.2 Å². The molecule has 5 rings (SSSR count). The molecule has 212 valence electrons. The number of aryl methyl sites for hydroxylation is 2. The second kappa shape index (κ2) is 11.3. The van der Waals surface area contributed by atoms with Crippen LogP contribution in [0.15, 0.2) is 42.6 Å².